The lowest BCUT2D eigenvalue weighted by Crippen LogP contribution is -1.98. The average molecular weight is 307 g/mol. The number of hydrogen-bond acceptors (Lipinski definition) is 5. The van der Waals surface area contributed by atoms with Gasteiger partial charge in [-0.05, 0) is 18.2 Å². The molecule has 0 aliphatic heterocycles. The molecule has 5 nitrogen and oxygen atoms in total. The summed E-state index contributed by atoms with van der Waals surface area (Å²) in [6.45, 7) is -0.144. The van der Waals surface area contributed by atoms with Gasteiger partial charge in [-0.15, -0.1) is 11.3 Å². The zero-order valence-electron chi connectivity index (χ0n) is 10.7. The quantitative estimate of drug-likeness (QED) is 0.535. The molecular formula is C14H10FNO4S. The minimum atomic E-state index is -0.624. The van der Waals surface area contributed by atoms with Crippen LogP contribution < -0.4 is 4.74 Å². The summed E-state index contributed by atoms with van der Waals surface area (Å²) in [6, 6.07) is 6.58. The number of benzene rings is 1. The van der Waals surface area contributed by atoms with Gasteiger partial charge in [0.25, 0.3) is 0 Å². The summed E-state index contributed by atoms with van der Waals surface area (Å²) in [5.41, 5.74) is -0.284. The molecule has 0 spiro atoms. The standard InChI is InChI=1S/C14H10FNO4S/c15-10-3-6-13(16(18)19)14(8-10)20-9-12-5-4-11(21-12)2-1-7-17/h3-6,8,17H,7,9H2. The Balaban J connectivity index is 2.11. The van der Waals surface area contributed by atoms with Crippen molar-refractivity contribution >= 4 is 17.0 Å². The molecule has 0 bridgehead atoms. The largest absolute Gasteiger partial charge is 0.481 e. The Morgan fingerprint density at radius 3 is 2.90 bits per heavy atom. The monoisotopic (exact) mass is 307 g/mol. The number of nitro benzene ring substituents is 1. The molecule has 21 heavy (non-hydrogen) atoms. The van der Waals surface area contributed by atoms with Crippen LogP contribution >= 0.6 is 11.3 Å². The van der Waals surface area contributed by atoms with Crippen molar-refractivity contribution in [3.05, 3.63) is 56.0 Å². The van der Waals surface area contributed by atoms with Gasteiger partial charge in [0.05, 0.1) is 9.80 Å². The van der Waals surface area contributed by atoms with E-state index < -0.39 is 10.7 Å². The Morgan fingerprint density at radius 2 is 2.19 bits per heavy atom. The zero-order chi connectivity index (χ0) is 15.2. The highest BCUT2D eigenvalue weighted by Crippen LogP contribution is 2.29. The van der Waals surface area contributed by atoms with Gasteiger partial charge in [-0.1, -0.05) is 11.8 Å². The Morgan fingerprint density at radius 1 is 1.38 bits per heavy atom. The van der Waals surface area contributed by atoms with Gasteiger partial charge in [-0.3, -0.25) is 10.1 Å². The van der Waals surface area contributed by atoms with Crippen LogP contribution in [-0.2, 0) is 6.61 Å². The number of aliphatic hydroxyl groups excluding tert-OH is 1. The number of thiophene rings is 1. The van der Waals surface area contributed by atoms with Crippen LogP contribution in [0.1, 0.15) is 9.75 Å². The van der Waals surface area contributed by atoms with E-state index >= 15 is 0 Å². The Kier molecular flexibility index (Phi) is 4.87. The van der Waals surface area contributed by atoms with Gasteiger partial charge < -0.3 is 9.84 Å². The average Bonchev–Trinajstić information content (AvgIpc) is 2.90. The van der Waals surface area contributed by atoms with E-state index in [0.717, 1.165) is 28.0 Å². The molecule has 2 rings (SSSR count). The normalized spacial score (nSPS) is 9.81. The van der Waals surface area contributed by atoms with Crippen molar-refractivity contribution in [2.24, 2.45) is 0 Å². The van der Waals surface area contributed by atoms with Crippen LogP contribution in [0, 0.1) is 27.8 Å². The second-order valence-corrected chi connectivity index (χ2v) is 5.05. The summed E-state index contributed by atoms with van der Waals surface area (Å²) in [5, 5.41) is 19.4. The Labute approximate surface area is 123 Å². The van der Waals surface area contributed by atoms with Gasteiger partial charge in [0.2, 0.25) is 0 Å². The maximum atomic E-state index is 13.1. The Hall–Kier alpha value is -2.43. The van der Waals surface area contributed by atoms with Crippen molar-refractivity contribution in [1.29, 1.82) is 0 Å². The lowest BCUT2D eigenvalue weighted by Gasteiger charge is -2.05. The molecular weight excluding hydrogens is 297 g/mol. The number of ether oxygens (including phenoxy) is 1. The molecule has 7 heteroatoms. The first-order valence-electron chi connectivity index (χ1n) is 5.85. The maximum absolute atomic E-state index is 13.1. The van der Waals surface area contributed by atoms with E-state index in [4.69, 9.17) is 9.84 Å². The maximum Gasteiger partial charge on any atom is 0.311 e. The van der Waals surface area contributed by atoms with Crippen LogP contribution in [0.25, 0.3) is 0 Å². The molecule has 0 aliphatic carbocycles. The molecule has 0 saturated carbocycles. The third-order valence-corrected chi connectivity index (χ3v) is 3.41. The molecule has 0 atom stereocenters. The highest BCUT2D eigenvalue weighted by atomic mass is 32.1. The molecule has 1 N–H and O–H groups in total. The SMILES string of the molecule is O=[N+]([O-])c1ccc(F)cc1OCc1ccc(C#CCO)s1. The molecule has 0 saturated heterocycles. The number of nitro groups is 1. The molecule has 2 aromatic rings. The van der Waals surface area contributed by atoms with Crippen LogP contribution in [0.15, 0.2) is 30.3 Å². The third kappa shape index (κ3) is 4.02. The highest BCUT2D eigenvalue weighted by Gasteiger charge is 2.16. The van der Waals surface area contributed by atoms with Crippen LogP contribution in [0.4, 0.5) is 10.1 Å². The van der Waals surface area contributed by atoms with E-state index in [1.807, 2.05) is 0 Å². The smallest absolute Gasteiger partial charge is 0.311 e. The highest BCUT2D eigenvalue weighted by molar-refractivity contribution is 7.12. The summed E-state index contributed by atoms with van der Waals surface area (Å²) in [5.74, 6) is 4.55. The first-order chi connectivity index (χ1) is 10.1. The fourth-order valence-electron chi connectivity index (χ4n) is 1.55. The third-order valence-electron chi connectivity index (χ3n) is 2.44. The Bertz CT molecular complexity index is 717. The van der Waals surface area contributed by atoms with Crippen LogP contribution in [-0.4, -0.2) is 16.6 Å². The van der Waals surface area contributed by atoms with E-state index in [1.54, 1.807) is 12.1 Å². The summed E-state index contributed by atoms with van der Waals surface area (Å²) in [4.78, 5) is 11.7. The lowest BCUT2D eigenvalue weighted by molar-refractivity contribution is -0.386. The van der Waals surface area contributed by atoms with Crippen LogP contribution in [0.5, 0.6) is 5.75 Å². The van der Waals surface area contributed by atoms with Crippen LogP contribution in [0.2, 0.25) is 0 Å². The van der Waals surface area contributed by atoms with Crippen molar-refractivity contribution in [3.63, 3.8) is 0 Å². The molecule has 0 aliphatic rings. The molecule has 1 aromatic carbocycles. The fourth-order valence-corrected chi connectivity index (χ4v) is 2.35. The fraction of sp³-hybridized carbons (Fsp3) is 0.143. The predicted molar refractivity (Wildman–Crippen MR) is 75.7 cm³/mol. The van der Waals surface area contributed by atoms with E-state index in [9.17, 15) is 14.5 Å². The molecule has 1 aromatic heterocycles. The molecule has 0 radical (unpaired) electrons. The van der Waals surface area contributed by atoms with Gasteiger partial charge >= 0.3 is 5.69 Å². The molecule has 0 amide bonds. The van der Waals surface area contributed by atoms with Crippen molar-refractivity contribution in [2.45, 2.75) is 6.61 Å². The first kappa shape index (κ1) is 15.0. The number of aliphatic hydroxyl groups is 1. The molecule has 108 valence electrons. The number of halogens is 1. The summed E-state index contributed by atoms with van der Waals surface area (Å²) >= 11 is 1.34. The molecule has 0 fully saturated rings. The summed E-state index contributed by atoms with van der Waals surface area (Å²) < 4.78 is 18.5. The van der Waals surface area contributed by atoms with E-state index in [1.165, 1.54) is 11.3 Å². The van der Waals surface area contributed by atoms with Crippen molar-refractivity contribution in [2.75, 3.05) is 6.61 Å². The minimum absolute atomic E-state index is 0.0791. The van der Waals surface area contributed by atoms with Crippen LogP contribution in [0.3, 0.4) is 0 Å². The summed E-state index contributed by atoms with van der Waals surface area (Å²) in [7, 11) is 0. The first-order valence-corrected chi connectivity index (χ1v) is 6.67. The zero-order valence-corrected chi connectivity index (χ0v) is 11.5. The van der Waals surface area contributed by atoms with Gasteiger partial charge in [0, 0.05) is 17.0 Å². The number of nitrogens with zero attached hydrogens (tertiary/aromatic N) is 1. The molecule has 1 heterocycles. The van der Waals surface area contributed by atoms with Gasteiger partial charge in [0.15, 0.2) is 5.75 Å². The lowest BCUT2D eigenvalue weighted by atomic mass is 10.3. The minimum Gasteiger partial charge on any atom is -0.481 e. The molecule has 0 unspecified atom stereocenters. The predicted octanol–water partition coefficient (Wildman–Crippen LogP) is 2.72. The van der Waals surface area contributed by atoms with Gasteiger partial charge in [-0.2, -0.15) is 0 Å². The van der Waals surface area contributed by atoms with E-state index in [0.29, 0.717) is 0 Å². The second kappa shape index (κ2) is 6.83. The number of rotatable bonds is 4. The topological polar surface area (TPSA) is 72.6 Å². The second-order valence-electron chi connectivity index (χ2n) is 3.88. The van der Waals surface area contributed by atoms with Crippen molar-refractivity contribution < 1.29 is 19.2 Å². The number of hydrogen-bond donors (Lipinski definition) is 1. The van der Waals surface area contributed by atoms with Gasteiger partial charge in [-0.25, -0.2) is 4.39 Å². The van der Waals surface area contributed by atoms with E-state index in [2.05, 4.69) is 11.8 Å². The van der Waals surface area contributed by atoms with Crippen molar-refractivity contribution in [3.8, 4) is 17.6 Å². The van der Waals surface area contributed by atoms with E-state index in [-0.39, 0.29) is 24.7 Å². The van der Waals surface area contributed by atoms with Gasteiger partial charge in [0.1, 0.15) is 19.0 Å². The van der Waals surface area contributed by atoms with Crippen molar-refractivity contribution in [1.82, 2.24) is 0 Å². The summed E-state index contributed by atoms with van der Waals surface area (Å²) in [6.07, 6.45) is 0.